The van der Waals surface area contributed by atoms with Crippen molar-refractivity contribution in [3.8, 4) is 5.75 Å². The second kappa shape index (κ2) is 9.59. The Hall–Kier alpha value is -3.43. The third-order valence-electron chi connectivity index (χ3n) is 4.59. The van der Waals surface area contributed by atoms with Crippen LogP contribution in [0, 0.1) is 17.0 Å². The molecule has 0 fully saturated rings. The van der Waals surface area contributed by atoms with Gasteiger partial charge in [0.1, 0.15) is 5.75 Å². The minimum atomic E-state index is -4.72. The van der Waals surface area contributed by atoms with E-state index < -0.39 is 34.7 Å². The van der Waals surface area contributed by atoms with E-state index in [-0.39, 0.29) is 11.5 Å². The second-order valence-corrected chi connectivity index (χ2v) is 7.17. The number of rotatable bonds is 7. The van der Waals surface area contributed by atoms with Crippen LogP contribution in [0.5, 0.6) is 5.75 Å². The number of carbonyl (C=O) groups is 1. The van der Waals surface area contributed by atoms with Gasteiger partial charge in [0.15, 0.2) is 0 Å². The van der Waals surface area contributed by atoms with Gasteiger partial charge < -0.3 is 4.74 Å². The van der Waals surface area contributed by atoms with Gasteiger partial charge in [0.2, 0.25) is 5.91 Å². The predicted molar refractivity (Wildman–Crippen MR) is 109 cm³/mol. The van der Waals surface area contributed by atoms with E-state index in [9.17, 15) is 28.1 Å². The van der Waals surface area contributed by atoms with Crippen LogP contribution in [0.4, 0.5) is 18.9 Å². The summed E-state index contributed by atoms with van der Waals surface area (Å²) in [5.74, 6) is 0.232. The SMILES string of the molecule is COc1cc(C)c(/C=N\NC(=O)Cc2ccc(C(F)(F)F)cc2[N+](=O)[O-])cc1C(C)C. The Morgan fingerprint density at radius 2 is 1.97 bits per heavy atom. The molecular formula is C21H22F3N3O4. The van der Waals surface area contributed by atoms with Crippen LogP contribution in [0.2, 0.25) is 0 Å². The average Bonchev–Trinajstić information content (AvgIpc) is 2.67. The summed E-state index contributed by atoms with van der Waals surface area (Å²) >= 11 is 0. The van der Waals surface area contributed by atoms with E-state index in [0.29, 0.717) is 12.1 Å². The molecule has 1 N–H and O–H groups in total. The lowest BCUT2D eigenvalue weighted by atomic mass is 9.97. The summed E-state index contributed by atoms with van der Waals surface area (Å²) in [5.41, 5.74) is 2.73. The second-order valence-electron chi connectivity index (χ2n) is 7.17. The first-order valence-corrected chi connectivity index (χ1v) is 9.29. The molecule has 0 aliphatic heterocycles. The van der Waals surface area contributed by atoms with E-state index in [1.54, 1.807) is 7.11 Å². The molecule has 0 radical (unpaired) electrons. The lowest BCUT2D eigenvalue weighted by molar-refractivity contribution is -0.385. The van der Waals surface area contributed by atoms with Crippen LogP contribution < -0.4 is 10.2 Å². The number of halogens is 3. The molecule has 0 saturated heterocycles. The van der Waals surface area contributed by atoms with Crippen molar-refractivity contribution in [1.29, 1.82) is 0 Å². The van der Waals surface area contributed by atoms with E-state index in [1.807, 2.05) is 32.9 Å². The van der Waals surface area contributed by atoms with Gasteiger partial charge in [-0.15, -0.1) is 0 Å². The van der Waals surface area contributed by atoms with E-state index in [2.05, 4.69) is 10.5 Å². The van der Waals surface area contributed by atoms with Crippen molar-refractivity contribution in [3.05, 3.63) is 68.3 Å². The molecule has 0 bridgehead atoms. The number of hydrogen-bond donors (Lipinski definition) is 1. The Morgan fingerprint density at radius 1 is 1.29 bits per heavy atom. The van der Waals surface area contributed by atoms with Gasteiger partial charge in [0, 0.05) is 11.6 Å². The highest BCUT2D eigenvalue weighted by Gasteiger charge is 2.33. The lowest BCUT2D eigenvalue weighted by Gasteiger charge is -2.14. The molecule has 0 aromatic heterocycles. The summed E-state index contributed by atoms with van der Waals surface area (Å²) in [4.78, 5) is 22.3. The molecule has 1 amide bonds. The van der Waals surface area contributed by atoms with Crippen LogP contribution >= 0.6 is 0 Å². The van der Waals surface area contributed by atoms with Crippen LogP contribution in [0.1, 0.15) is 47.6 Å². The Labute approximate surface area is 177 Å². The van der Waals surface area contributed by atoms with Crippen molar-refractivity contribution >= 4 is 17.8 Å². The fourth-order valence-corrected chi connectivity index (χ4v) is 2.93. The summed E-state index contributed by atoms with van der Waals surface area (Å²) in [6.45, 7) is 5.86. The molecule has 2 aromatic rings. The number of carbonyl (C=O) groups excluding carboxylic acids is 1. The number of alkyl halides is 3. The maximum atomic E-state index is 12.8. The summed E-state index contributed by atoms with van der Waals surface area (Å²) in [7, 11) is 1.58. The molecule has 10 heteroatoms. The third-order valence-corrected chi connectivity index (χ3v) is 4.59. The predicted octanol–water partition coefficient (Wildman–Crippen LogP) is 4.75. The number of amides is 1. The fourth-order valence-electron chi connectivity index (χ4n) is 2.93. The highest BCUT2D eigenvalue weighted by atomic mass is 19.4. The molecule has 2 rings (SSSR count). The minimum absolute atomic E-state index is 0.145. The van der Waals surface area contributed by atoms with Crippen molar-refractivity contribution in [2.75, 3.05) is 7.11 Å². The normalized spacial score (nSPS) is 11.7. The quantitative estimate of drug-likeness (QED) is 0.384. The smallest absolute Gasteiger partial charge is 0.416 e. The van der Waals surface area contributed by atoms with Gasteiger partial charge in [0.25, 0.3) is 5.69 Å². The van der Waals surface area contributed by atoms with Crippen molar-refractivity contribution in [2.45, 2.75) is 39.3 Å². The highest BCUT2D eigenvalue weighted by Crippen LogP contribution is 2.33. The molecule has 2 aromatic carbocycles. The Kier molecular flexibility index (Phi) is 7.37. The monoisotopic (exact) mass is 437 g/mol. The molecule has 0 spiro atoms. The lowest BCUT2D eigenvalue weighted by Crippen LogP contribution is -2.20. The Balaban J connectivity index is 2.17. The van der Waals surface area contributed by atoms with E-state index in [4.69, 9.17) is 4.74 Å². The van der Waals surface area contributed by atoms with E-state index in [0.717, 1.165) is 28.5 Å². The van der Waals surface area contributed by atoms with Crippen LogP contribution in [-0.2, 0) is 17.4 Å². The molecule has 0 saturated carbocycles. The standard InChI is InChI=1S/C21H22F3N3O4/c1-12(2)17-8-15(13(3)7-19(17)31-4)11-25-26-20(28)9-14-5-6-16(21(22,23)24)10-18(14)27(29)30/h5-8,10-12H,9H2,1-4H3,(H,26,28)/b25-11-. The summed E-state index contributed by atoms with van der Waals surface area (Å²) in [6.07, 6.45) is -3.79. The van der Waals surface area contributed by atoms with Crippen LogP contribution in [-0.4, -0.2) is 24.2 Å². The number of methoxy groups -OCH3 is 1. The third kappa shape index (κ3) is 6.03. The number of hydrazone groups is 1. The Morgan fingerprint density at radius 3 is 2.52 bits per heavy atom. The number of nitro groups is 1. The number of nitro benzene ring substituents is 1. The van der Waals surface area contributed by atoms with Crippen molar-refractivity contribution < 1.29 is 27.6 Å². The van der Waals surface area contributed by atoms with Crippen molar-refractivity contribution in [3.63, 3.8) is 0 Å². The Bertz CT molecular complexity index is 1020. The number of aryl methyl sites for hydroxylation is 1. The van der Waals surface area contributed by atoms with Crippen molar-refractivity contribution in [2.24, 2.45) is 5.10 Å². The molecule has 0 aliphatic carbocycles. The highest BCUT2D eigenvalue weighted by molar-refractivity contribution is 5.85. The summed E-state index contributed by atoms with van der Waals surface area (Å²) in [5, 5.41) is 15.0. The number of ether oxygens (including phenoxy) is 1. The van der Waals surface area contributed by atoms with Crippen molar-refractivity contribution in [1.82, 2.24) is 5.43 Å². The zero-order valence-corrected chi connectivity index (χ0v) is 17.4. The van der Waals surface area contributed by atoms with Gasteiger partial charge in [-0.3, -0.25) is 14.9 Å². The fraction of sp³-hybridized carbons (Fsp3) is 0.333. The maximum absolute atomic E-state index is 12.8. The van der Waals surface area contributed by atoms with Gasteiger partial charge >= 0.3 is 6.18 Å². The maximum Gasteiger partial charge on any atom is 0.416 e. The van der Waals surface area contributed by atoms with Gasteiger partial charge in [0.05, 0.1) is 30.2 Å². The number of hydrogen-bond acceptors (Lipinski definition) is 5. The van der Waals surface area contributed by atoms with E-state index >= 15 is 0 Å². The molecule has 7 nitrogen and oxygen atoms in total. The topological polar surface area (TPSA) is 93.8 Å². The largest absolute Gasteiger partial charge is 0.496 e. The summed E-state index contributed by atoms with van der Waals surface area (Å²) < 4.78 is 43.7. The molecule has 166 valence electrons. The first kappa shape index (κ1) is 23.8. The van der Waals surface area contributed by atoms with Gasteiger partial charge in [-0.05, 0) is 47.7 Å². The van der Waals surface area contributed by atoms with Gasteiger partial charge in [-0.2, -0.15) is 18.3 Å². The van der Waals surface area contributed by atoms with Crippen LogP contribution in [0.3, 0.4) is 0 Å². The molecule has 31 heavy (non-hydrogen) atoms. The average molecular weight is 437 g/mol. The van der Waals surface area contributed by atoms with E-state index in [1.165, 1.54) is 6.21 Å². The summed E-state index contributed by atoms with van der Waals surface area (Å²) in [6, 6.07) is 5.78. The van der Waals surface area contributed by atoms with Crippen LogP contribution in [0.25, 0.3) is 0 Å². The van der Waals surface area contributed by atoms with Gasteiger partial charge in [-0.1, -0.05) is 19.9 Å². The minimum Gasteiger partial charge on any atom is -0.496 e. The first-order chi connectivity index (χ1) is 14.4. The molecule has 0 aliphatic rings. The molecule has 0 atom stereocenters. The molecular weight excluding hydrogens is 415 g/mol. The number of benzene rings is 2. The molecule has 0 unspecified atom stereocenters. The number of nitrogens with one attached hydrogen (secondary N) is 1. The van der Waals surface area contributed by atoms with Crippen LogP contribution in [0.15, 0.2) is 35.4 Å². The number of nitrogens with zero attached hydrogens (tertiary/aromatic N) is 2. The zero-order chi connectivity index (χ0) is 23.3. The molecule has 0 heterocycles. The van der Waals surface area contributed by atoms with Gasteiger partial charge in [-0.25, -0.2) is 5.43 Å². The first-order valence-electron chi connectivity index (χ1n) is 9.29. The zero-order valence-electron chi connectivity index (χ0n) is 17.4.